The molecule has 0 atom stereocenters. The Morgan fingerprint density at radius 1 is 0.955 bits per heavy atom. The highest BCUT2D eigenvalue weighted by atomic mass is 32.1. The van der Waals surface area contributed by atoms with Gasteiger partial charge in [0.1, 0.15) is 6.61 Å². The van der Waals surface area contributed by atoms with Gasteiger partial charge < -0.3 is 14.2 Å². The molecule has 22 heavy (non-hydrogen) atoms. The van der Waals surface area contributed by atoms with Gasteiger partial charge in [-0.15, -0.1) is 0 Å². The number of hydrogen-bond donors (Lipinski definition) is 3. The number of thiol groups is 3. The van der Waals surface area contributed by atoms with Crippen LogP contribution in [0.3, 0.4) is 0 Å². The predicted octanol–water partition coefficient (Wildman–Crippen LogP) is 3.17. The minimum absolute atomic E-state index is 0.204. The molecule has 0 aromatic carbocycles. The van der Waals surface area contributed by atoms with Crippen LogP contribution < -0.4 is 0 Å². The van der Waals surface area contributed by atoms with Crippen molar-refractivity contribution >= 4 is 43.9 Å². The van der Waals surface area contributed by atoms with Crippen molar-refractivity contribution < 1.29 is 19.0 Å². The summed E-state index contributed by atoms with van der Waals surface area (Å²) in [4.78, 5) is 11.6. The standard InChI is InChI=1S/C15H26O4S3/c1-4-15(9-17-12(2)7-21,10-18-13(3)8-22)11-19-14(16)5-6-20/h20-22H,2-11H2,1H3. The average Bonchev–Trinajstić information content (AvgIpc) is 2.54. The van der Waals surface area contributed by atoms with Gasteiger partial charge in [0, 0.05) is 17.3 Å². The van der Waals surface area contributed by atoms with E-state index < -0.39 is 5.41 Å². The van der Waals surface area contributed by atoms with Gasteiger partial charge in [-0.25, -0.2) is 0 Å². The number of ether oxygens (including phenoxy) is 3. The van der Waals surface area contributed by atoms with Gasteiger partial charge in [0.25, 0.3) is 0 Å². The Morgan fingerprint density at radius 2 is 1.41 bits per heavy atom. The molecule has 0 saturated carbocycles. The maximum Gasteiger partial charge on any atom is 0.306 e. The maximum absolute atomic E-state index is 11.6. The summed E-state index contributed by atoms with van der Waals surface area (Å²) in [6, 6.07) is 0. The largest absolute Gasteiger partial charge is 0.497 e. The van der Waals surface area contributed by atoms with E-state index in [1.54, 1.807) is 0 Å². The van der Waals surface area contributed by atoms with E-state index >= 15 is 0 Å². The fourth-order valence-corrected chi connectivity index (χ4v) is 1.79. The van der Waals surface area contributed by atoms with E-state index in [1.807, 2.05) is 6.92 Å². The van der Waals surface area contributed by atoms with E-state index in [-0.39, 0.29) is 19.0 Å². The Morgan fingerprint density at radius 3 is 1.77 bits per heavy atom. The zero-order valence-corrected chi connectivity index (χ0v) is 15.7. The number of rotatable bonds is 13. The molecule has 0 rings (SSSR count). The molecular weight excluding hydrogens is 340 g/mol. The smallest absolute Gasteiger partial charge is 0.306 e. The SMILES string of the molecule is C=C(CS)OCC(CC)(COC(=C)CS)COC(=O)CCS. The fourth-order valence-electron chi connectivity index (χ4n) is 1.43. The van der Waals surface area contributed by atoms with Crippen LogP contribution in [0.15, 0.2) is 24.7 Å². The molecule has 0 aliphatic rings. The lowest BCUT2D eigenvalue weighted by atomic mass is 9.88. The Hall–Kier alpha value is -0.400. The Bertz CT molecular complexity index is 352. The van der Waals surface area contributed by atoms with Crippen LogP contribution in [0.5, 0.6) is 0 Å². The number of carbonyl (C=O) groups is 1. The zero-order chi connectivity index (χ0) is 17.0. The third-order valence-corrected chi connectivity index (χ3v) is 4.05. The van der Waals surface area contributed by atoms with Gasteiger partial charge in [0.2, 0.25) is 0 Å². The van der Waals surface area contributed by atoms with Crippen molar-refractivity contribution in [1.82, 2.24) is 0 Å². The molecule has 0 aromatic heterocycles. The molecule has 0 spiro atoms. The van der Waals surface area contributed by atoms with Crippen LogP contribution in [0.25, 0.3) is 0 Å². The van der Waals surface area contributed by atoms with Gasteiger partial charge in [0.05, 0.1) is 36.6 Å². The Balaban J connectivity index is 4.77. The second-order valence-corrected chi connectivity index (χ2v) is 6.04. The molecule has 0 amide bonds. The van der Waals surface area contributed by atoms with E-state index in [2.05, 4.69) is 51.0 Å². The van der Waals surface area contributed by atoms with Crippen LogP contribution in [0.1, 0.15) is 19.8 Å². The van der Waals surface area contributed by atoms with E-state index in [4.69, 9.17) is 14.2 Å². The van der Waals surface area contributed by atoms with E-state index in [9.17, 15) is 4.79 Å². The second kappa shape index (κ2) is 12.1. The van der Waals surface area contributed by atoms with Crippen LogP contribution in [-0.4, -0.2) is 43.0 Å². The first-order valence-corrected chi connectivity index (χ1v) is 8.92. The number of carbonyl (C=O) groups excluding carboxylic acids is 1. The quantitative estimate of drug-likeness (QED) is 0.266. The highest BCUT2D eigenvalue weighted by Gasteiger charge is 2.33. The molecule has 0 bridgehead atoms. The van der Waals surface area contributed by atoms with Crippen LogP contribution in [0.4, 0.5) is 0 Å². The molecule has 4 nitrogen and oxygen atoms in total. The van der Waals surface area contributed by atoms with E-state index in [0.29, 0.717) is 48.4 Å². The minimum atomic E-state index is -0.468. The third kappa shape index (κ3) is 8.90. The normalized spacial score (nSPS) is 10.9. The summed E-state index contributed by atoms with van der Waals surface area (Å²) in [7, 11) is 0. The highest BCUT2D eigenvalue weighted by molar-refractivity contribution is 7.80. The second-order valence-electron chi connectivity index (χ2n) is 4.96. The summed E-state index contributed by atoms with van der Waals surface area (Å²) >= 11 is 12.2. The van der Waals surface area contributed by atoms with Crippen molar-refractivity contribution in [2.45, 2.75) is 19.8 Å². The molecule has 128 valence electrons. The Kier molecular flexibility index (Phi) is 11.9. The topological polar surface area (TPSA) is 44.8 Å². The van der Waals surface area contributed by atoms with Gasteiger partial charge in [-0.2, -0.15) is 37.9 Å². The van der Waals surface area contributed by atoms with Gasteiger partial charge in [-0.1, -0.05) is 20.1 Å². The summed E-state index contributed by atoms with van der Waals surface area (Å²) in [5, 5.41) is 0. The van der Waals surface area contributed by atoms with Gasteiger partial charge in [0.15, 0.2) is 0 Å². The van der Waals surface area contributed by atoms with Crippen LogP contribution in [0, 0.1) is 5.41 Å². The predicted molar refractivity (Wildman–Crippen MR) is 100 cm³/mol. The number of hydrogen-bond acceptors (Lipinski definition) is 7. The fraction of sp³-hybridized carbons (Fsp3) is 0.667. The zero-order valence-electron chi connectivity index (χ0n) is 13.0. The molecular formula is C15H26O4S3. The molecule has 0 radical (unpaired) electrons. The molecule has 0 saturated heterocycles. The molecule has 0 heterocycles. The molecule has 0 fully saturated rings. The van der Waals surface area contributed by atoms with Crippen LogP contribution in [0.2, 0.25) is 0 Å². The van der Waals surface area contributed by atoms with Crippen molar-refractivity contribution in [3.05, 3.63) is 24.7 Å². The summed E-state index contributed by atoms with van der Waals surface area (Å²) in [6.07, 6.45) is 0.984. The van der Waals surface area contributed by atoms with E-state index in [1.165, 1.54) is 0 Å². The van der Waals surface area contributed by atoms with Crippen molar-refractivity contribution in [1.29, 1.82) is 0 Å². The molecule has 0 N–H and O–H groups in total. The third-order valence-electron chi connectivity index (χ3n) is 3.12. The van der Waals surface area contributed by atoms with Crippen LogP contribution in [-0.2, 0) is 19.0 Å². The minimum Gasteiger partial charge on any atom is -0.497 e. The summed E-state index contributed by atoms with van der Waals surface area (Å²) < 4.78 is 16.5. The molecule has 0 aliphatic heterocycles. The first-order chi connectivity index (χ1) is 10.4. The highest BCUT2D eigenvalue weighted by Crippen LogP contribution is 2.26. The first kappa shape index (κ1) is 21.6. The first-order valence-electron chi connectivity index (χ1n) is 7.02. The molecule has 0 aromatic rings. The van der Waals surface area contributed by atoms with E-state index in [0.717, 1.165) is 0 Å². The monoisotopic (exact) mass is 366 g/mol. The Labute approximate surface area is 149 Å². The van der Waals surface area contributed by atoms with Gasteiger partial charge in [-0.05, 0) is 6.42 Å². The molecule has 0 unspecified atom stereocenters. The van der Waals surface area contributed by atoms with Crippen molar-refractivity contribution in [2.24, 2.45) is 5.41 Å². The lowest BCUT2D eigenvalue weighted by molar-refractivity contribution is -0.149. The molecule has 7 heteroatoms. The molecule has 0 aliphatic carbocycles. The van der Waals surface area contributed by atoms with Crippen LogP contribution >= 0.6 is 37.9 Å². The summed E-state index contributed by atoms with van der Waals surface area (Å²) in [5.74, 6) is 2.17. The van der Waals surface area contributed by atoms with Gasteiger partial charge >= 0.3 is 5.97 Å². The van der Waals surface area contributed by atoms with Crippen molar-refractivity contribution in [2.75, 3.05) is 37.1 Å². The van der Waals surface area contributed by atoms with Crippen molar-refractivity contribution in [3.8, 4) is 0 Å². The lowest BCUT2D eigenvalue weighted by Crippen LogP contribution is -2.37. The maximum atomic E-state index is 11.6. The average molecular weight is 367 g/mol. The van der Waals surface area contributed by atoms with Crippen molar-refractivity contribution in [3.63, 3.8) is 0 Å². The lowest BCUT2D eigenvalue weighted by Gasteiger charge is -2.32. The number of esters is 1. The summed E-state index contributed by atoms with van der Waals surface area (Å²) in [6.45, 7) is 10.4. The summed E-state index contributed by atoms with van der Waals surface area (Å²) in [5.41, 5.74) is -0.468. The van der Waals surface area contributed by atoms with Gasteiger partial charge in [-0.3, -0.25) is 4.79 Å².